The minimum Gasteiger partial charge on any atom is -0.378 e. The molecule has 0 spiro atoms. The Kier molecular flexibility index (Phi) is 5.11. The van der Waals surface area contributed by atoms with Crippen LogP contribution in [0.4, 0.5) is 4.39 Å². The van der Waals surface area contributed by atoms with Gasteiger partial charge in [-0.2, -0.15) is 0 Å². The standard InChI is InChI=1S/C18H27FN2O/c1-22-18(14-15-4-2-3-5-17(15)19)8-6-16(7-9-18)21-12-10-20-11-13-21/h2-5,16,20H,6-14H2,1H3. The van der Waals surface area contributed by atoms with Crippen LogP contribution in [0, 0.1) is 5.82 Å². The van der Waals surface area contributed by atoms with Crippen molar-refractivity contribution in [3.05, 3.63) is 35.6 Å². The summed E-state index contributed by atoms with van der Waals surface area (Å²) >= 11 is 0. The zero-order valence-corrected chi connectivity index (χ0v) is 13.5. The summed E-state index contributed by atoms with van der Waals surface area (Å²) < 4.78 is 19.8. The van der Waals surface area contributed by atoms with Gasteiger partial charge in [0.2, 0.25) is 0 Å². The van der Waals surface area contributed by atoms with Crippen LogP contribution in [-0.4, -0.2) is 49.8 Å². The van der Waals surface area contributed by atoms with E-state index >= 15 is 0 Å². The molecular weight excluding hydrogens is 279 g/mol. The SMILES string of the molecule is COC1(Cc2ccccc2F)CCC(N2CCNCC2)CC1. The highest BCUT2D eigenvalue weighted by atomic mass is 19.1. The largest absolute Gasteiger partial charge is 0.378 e. The minimum absolute atomic E-state index is 0.108. The molecule has 0 aromatic heterocycles. The summed E-state index contributed by atoms with van der Waals surface area (Å²) in [4.78, 5) is 2.61. The van der Waals surface area contributed by atoms with Crippen LogP contribution < -0.4 is 5.32 Å². The van der Waals surface area contributed by atoms with Crippen LogP contribution in [0.5, 0.6) is 0 Å². The van der Waals surface area contributed by atoms with E-state index in [0.717, 1.165) is 57.4 Å². The summed E-state index contributed by atoms with van der Waals surface area (Å²) in [6.07, 6.45) is 5.04. The van der Waals surface area contributed by atoms with E-state index in [-0.39, 0.29) is 11.4 Å². The van der Waals surface area contributed by atoms with Gasteiger partial charge in [-0.1, -0.05) is 18.2 Å². The monoisotopic (exact) mass is 306 g/mol. The molecule has 3 nitrogen and oxygen atoms in total. The highest BCUT2D eigenvalue weighted by Gasteiger charge is 2.37. The molecule has 1 aliphatic carbocycles. The Morgan fingerprint density at radius 2 is 1.91 bits per heavy atom. The van der Waals surface area contributed by atoms with Crippen molar-refractivity contribution in [2.45, 2.75) is 43.7 Å². The number of rotatable bonds is 4. The average molecular weight is 306 g/mol. The van der Waals surface area contributed by atoms with Gasteiger partial charge in [-0.05, 0) is 37.3 Å². The van der Waals surface area contributed by atoms with Gasteiger partial charge in [0.25, 0.3) is 0 Å². The molecule has 1 saturated carbocycles. The fourth-order valence-corrected chi connectivity index (χ4v) is 3.98. The van der Waals surface area contributed by atoms with Crippen LogP contribution in [0.1, 0.15) is 31.2 Å². The summed E-state index contributed by atoms with van der Waals surface area (Å²) in [5.41, 5.74) is 0.595. The lowest BCUT2D eigenvalue weighted by molar-refractivity contribution is -0.0565. The quantitative estimate of drug-likeness (QED) is 0.925. The van der Waals surface area contributed by atoms with Crippen molar-refractivity contribution in [2.24, 2.45) is 0 Å². The molecule has 3 rings (SSSR count). The first-order valence-electron chi connectivity index (χ1n) is 8.46. The van der Waals surface area contributed by atoms with E-state index in [1.807, 2.05) is 12.1 Å². The molecule has 0 atom stereocenters. The van der Waals surface area contributed by atoms with E-state index in [4.69, 9.17) is 4.74 Å². The summed E-state index contributed by atoms with van der Waals surface area (Å²) in [6.45, 7) is 4.50. The molecule has 2 aliphatic rings. The second-order valence-corrected chi connectivity index (χ2v) is 6.67. The summed E-state index contributed by atoms with van der Waals surface area (Å²) in [6, 6.07) is 7.77. The Morgan fingerprint density at radius 3 is 2.55 bits per heavy atom. The van der Waals surface area contributed by atoms with Gasteiger partial charge in [0.15, 0.2) is 0 Å². The summed E-state index contributed by atoms with van der Waals surface area (Å²) in [5.74, 6) is -0.108. The minimum atomic E-state index is -0.188. The van der Waals surface area contributed by atoms with Crippen LogP contribution >= 0.6 is 0 Å². The number of benzene rings is 1. The van der Waals surface area contributed by atoms with Gasteiger partial charge in [-0.3, -0.25) is 4.90 Å². The Labute approximate surface area is 132 Å². The van der Waals surface area contributed by atoms with E-state index in [0.29, 0.717) is 12.5 Å². The van der Waals surface area contributed by atoms with Crippen molar-refractivity contribution in [3.8, 4) is 0 Å². The molecule has 0 unspecified atom stereocenters. The zero-order chi connectivity index (χ0) is 15.4. The molecule has 1 saturated heterocycles. The number of halogens is 1. The highest BCUT2D eigenvalue weighted by Crippen LogP contribution is 2.36. The molecule has 122 valence electrons. The van der Waals surface area contributed by atoms with Crippen molar-refractivity contribution >= 4 is 0 Å². The van der Waals surface area contributed by atoms with Crippen molar-refractivity contribution in [3.63, 3.8) is 0 Å². The van der Waals surface area contributed by atoms with E-state index < -0.39 is 0 Å². The summed E-state index contributed by atoms with van der Waals surface area (Å²) in [7, 11) is 1.78. The molecule has 1 N–H and O–H groups in total. The van der Waals surface area contributed by atoms with Gasteiger partial charge in [0, 0.05) is 45.8 Å². The normalized spacial score (nSPS) is 30.4. The maximum atomic E-state index is 13.9. The molecule has 4 heteroatoms. The van der Waals surface area contributed by atoms with Crippen molar-refractivity contribution in [1.29, 1.82) is 0 Å². The third-order valence-corrected chi connectivity index (χ3v) is 5.44. The maximum Gasteiger partial charge on any atom is 0.126 e. The second-order valence-electron chi connectivity index (χ2n) is 6.67. The van der Waals surface area contributed by atoms with Gasteiger partial charge < -0.3 is 10.1 Å². The van der Waals surface area contributed by atoms with Crippen LogP contribution in [0.15, 0.2) is 24.3 Å². The first-order valence-corrected chi connectivity index (χ1v) is 8.46. The van der Waals surface area contributed by atoms with E-state index in [2.05, 4.69) is 10.2 Å². The van der Waals surface area contributed by atoms with Gasteiger partial charge in [0.1, 0.15) is 5.82 Å². The van der Waals surface area contributed by atoms with Gasteiger partial charge >= 0.3 is 0 Å². The Hall–Kier alpha value is -0.970. The van der Waals surface area contributed by atoms with Crippen LogP contribution in [0.2, 0.25) is 0 Å². The molecule has 0 bridgehead atoms. The predicted molar refractivity (Wildman–Crippen MR) is 86.5 cm³/mol. The molecule has 0 amide bonds. The Morgan fingerprint density at radius 1 is 1.23 bits per heavy atom. The fourth-order valence-electron chi connectivity index (χ4n) is 3.98. The molecule has 0 radical (unpaired) electrons. The smallest absolute Gasteiger partial charge is 0.126 e. The second kappa shape index (κ2) is 7.07. The Balaban J connectivity index is 1.62. The molecule has 2 fully saturated rings. The van der Waals surface area contributed by atoms with E-state index in [1.165, 1.54) is 0 Å². The first-order chi connectivity index (χ1) is 10.7. The first kappa shape index (κ1) is 15.9. The lowest BCUT2D eigenvalue weighted by atomic mass is 9.77. The Bertz CT molecular complexity index is 480. The topological polar surface area (TPSA) is 24.5 Å². The third-order valence-electron chi connectivity index (χ3n) is 5.44. The molecular formula is C18H27FN2O. The summed E-state index contributed by atoms with van der Waals surface area (Å²) in [5, 5.41) is 3.41. The number of methoxy groups -OCH3 is 1. The number of hydrogen-bond acceptors (Lipinski definition) is 3. The molecule has 1 aromatic rings. The highest BCUT2D eigenvalue weighted by molar-refractivity contribution is 5.20. The van der Waals surface area contributed by atoms with Crippen molar-refractivity contribution in [1.82, 2.24) is 10.2 Å². The van der Waals surface area contributed by atoms with Crippen molar-refractivity contribution in [2.75, 3.05) is 33.3 Å². The van der Waals surface area contributed by atoms with Gasteiger partial charge in [-0.25, -0.2) is 4.39 Å². The third kappa shape index (κ3) is 3.50. The van der Waals surface area contributed by atoms with Crippen LogP contribution in [0.25, 0.3) is 0 Å². The van der Waals surface area contributed by atoms with Crippen LogP contribution in [-0.2, 0) is 11.2 Å². The fraction of sp³-hybridized carbons (Fsp3) is 0.667. The predicted octanol–water partition coefficient (Wildman–Crippen LogP) is 2.60. The van der Waals surface area contributed by atoms with Crippen LogP contribution in [0.3, 0.4) is 0 Å². The number of nitrogens with one attached hydrogen (secondary N) is 1. The molecule has 1 aromatic carbocycles. The number of hydrogen-bond donors (Lipinski definition) is 1. The van der Waals surface area contributed by atoms with E-state index in [9.17, 15) is 4.39 Å². The molecule has 1 heterocycles. The molecule has 22 heavy (non-hydrogen) atoms. The number of piperazine rings is 1. The average Bonchev–Trinajstić information content (AvgIpc) is 2.58. The van der Waals surface area contributed by atoms with Gasteiger partial charge in [0.05, 0.1) is 5.60 Å². The lowest BCUT2D eigenvalue weighted by Crippen LogP contribution is -2.51. The zero-order valence-electron chi connectivity index (χ0n) is 13.5. The number of nitrogens with zero attached hydrogens (tertiary/aromatic N) is 1. The lowest BCUT2D eigenvalue weighted by Gasteiger charge is -2.44. The van der Waals surface area contributed by atoms with E-state index in [1.54, 1.807) is 19.2 Å². The van der Waals surface area contributed by atoms with Gasteiger partial charge in [-0.15, -0.1) is 0 Å². The maximum absolute atomic E-state index is 13.9. The van der Waals surface area contributed by atoms with Crippen molar-refractivity contribution < 1.29 is 9.13 Å². The number of ether oxygens (including phenoxy) is 1. The molecule has 1 aliphatic heterocycles.